The Balaban J connectivity index is 1.55. The molecule has 176 valence electrons. The number of amides is 3. The van der Waals surface area contributed by atoms with Crippen LogP contribution in [0.5, 0.6) is 0 Å². The van der Waals surface area contributed by atoms with Crippen molar-refractivity contribution in [3.8, 4) is 0 Å². The van der Waals surface area contributed by atoms with Gasteiger partial charge in [-0.15, -0.1) is 0 Å². The second kappa shape index (κ2) is 10.9. The number of thioether (sulfide) groups is 1. The minimum atomic E-state index is -0.359. The van der Waals surface area contributed by atoms with E-state index >= 15 is 0 Å². The number of para-hydroxylation sites is 1. The summed E-state index contributed by atoms with van der Waals surface area (Å²) in [5.41, 5.74) is 2.35. The van der Waals surface area contributed by atoms with Crippen LogP contribution in [0, 0.1) is 0 Å². The fraction of sp³-hybridized carbons (Fsp3) is 0.240. The second-order valence-electron chi connectivity index (χ2n) is 7.79. The van der Waals surface area contributed by atoms with E-state index < -0.39 is 0 Å². The second-order valence-corrected chi connectivity index (χ2v) is 9.19. The molecule has 3 aromatic rings. The van der Waals surface area contributed by atoms with Crippen LogP contribution in [0.25, 0.3) is 17.0 Å². The van der Waals surface area contributed by atoms with Gasteiger partial charge in [0.25, 0.3) is 11.1 Å². The number of carbonyl (C=O) groups is 3. The average Bonchev–Trinajstić information content (AvgIpc) is 3.30. The van der Waals surface area contributed by atoms with Gasteiger partial charge in [-0.2, -0.15) is 0 Å². The first-order valence-corrected chi connectivity index (χ1v) is 12.0. The number of ether oxygens (including phenoxy) is 1. The molecule has 0 radical (unpaired) electrons. The predicted molar refractivity (Wildman–Crippen MR) is 134 cm³/mol. The highest BCUT2D eigenvalue weighted by molar-refractivity contribution is 8.18. The molecule has 1 aliphatic rings. The molecule has 0 aliphatic carbocycles. The van der Waals surface area contributed by atoms with Crippen LogP contribution in [-0.2, 0) is 27.4 Å². The lowest BCUT2D eigenvalue weighted by Crippen LogP contribution is -2.28. The molecule has 1 saturated heterocycles. The van der Waals surface area contributed by atoms with Crippen LogP contribution in [-0.4, -0.2) is 46.8 Å². The molecule has 7 nitrogen and oxygen atoms in total. The van der Waals surface area contributed by atoms with Gasteiger partial charge in [-0.1, -0.05) is 48.0 Å². The van der Waals surface area contributed by atoms with Crippen molar-refractivity contribution in [1.82, 2.24) is 14.8 Å². The highest BCUT2D eigenvalue weighted by Gasteiger charge is 2.35. The first kappa shape index (κ1) is 24.1. The summed E-state index contributed by atoms with van der Waals surface area (Å²) in [6, 6.07) is 14.8. The van der Waals surface area contributed by atoms with Crippen LogP contribution in [0.2, 0.25) is 5.02 Å². The Hall–Kier alpha value is -3.07. The van der Waals surface area contributed by atoms with Crippen molar-refractivity contribution in [2.75, 3.05) is 20.3 Å². The fourth-order valence-electron chi connectivity index (χ4n) is 3.75. The van der Waals surface area contributed by atoms with E-state index in [9.17, 15) is 14.4 Å². The molecule has 0 saturated carbocycles. The molecule has 2 heterocycles. The molecule has 9 heteroatoms. The maximum absolute atomic E-state index is 13.0. The molecular formula is C25H24ClN3O4S. The number of carbonyl (C=O) groups excluding carboxylic acids is 3. The summed E-state index contributed by atoms with van der Waals surface area (Å²) in [5, 5.41) is 3.95. The Morgan fingerprint density at radius 3 is 2.71 bits per heavy atom. The fourth-order valence-corrected chi connectivity index (χ4v) is 4.78. The smallest absolute Gasteiger partial charge is 0.293 e. The largest absolute Gasteiger partial charge is 0.385 e. The van der Waals surface area contributed by atoms with Crippen molar-refractivity contribution in [1.29, 1.82) is 0 Å². The van der Waals surface area contributed by atoms with Gasteiger partial charge in [0, 0.05) is 47.9 Å². The van der Waals surface area contributed by atoms with E-state index in [-0.39, 0.29) is 30.1 Å². The summed E-state index contributed by atoms with van der Waals surface area (Å²) in [4.78, 5) is 39.5. The Kier molecular flexibility index (Phi) is 7.72. The summed E-state index contributed by atoms with van der Waals surface area (Å²) >= 11 is 7.11. The van der Waals surface area contributed by atoms with Gasteiger partial charge >= 0.3 is 0 Å². The summed E-state index contributed by atoms with van der Waals surface area (Å²) in [5.74, 6) is -0.467. The molecule has 0 bridgehead atoms. The van der Waals surface area contributed by atoms with E-state index in [1.54, 1.807) is 31.4 Å². The van der Waals surface area contributed by atoms with Gasteiger partial charge in [0.1, 0.15) is 6.54 Å². The van der Waals surface area contributed by atoms with Gasteiger partial charge in [0.2, 0.25) is 5.91 Å². The minimum absolute atomic E-state index is 0.108. The lowest BCUT2D eigenvalue weighted by atomic mass is 10.1. The number of methoxy groups -OCH3 is 1. The van der Waals surface area contributed by atoms with Crippen LogP contribution in [0.15, 0.2) is 59.6 Å². The molecule has 34 heavy (non-hydrogen) atoms. The van der Waals surface area contributed by atoms with Gasteiger partial charge in [-0.3, -0.25) is 19.3 Å². The van der Waals surface area contributed by atoms with Crippen LogP contribution in [0.1, 0.15) is 17.5 Å². The average molecular weight is 498 g/mol. The number of nitrogens with zero attached hydrogens (tertiary/aromatic N) is 2. The number of nitrogens with one attached hydrogen (secondary N) is 1. The number of hydrogen-bond donors (Lipinski definition) is 1. The SMILES string of the molecule is COCCCNC(=O)Cn1cc(/C=C2\SC(=O)N(Cc3ccccc3Cl)C2=O)c2ccccc21. The third-order valence-corrected chi connectivity index (χ3v) is 6.70. The molecule has 1 aliphatic heterocycles. The molecule has 0 unspecified atom stereocenters. The summed E-state index contributed by atoms with van der Waals surface area (Å²) < 4.78 is 6.85. The normalized spacial score (nSPS) is 15.0. The Morgan fingerprint density at radius 2 is 1.91 bits per heavy atom. The van der Waals surface area contributed by atoms with E-state index in [4.69, 9.17) is 16.3 Å². The van der Waals surface area contributed by atoms with Gasteiger partial charge in [-0.05, 0) is 42.0 Å². The van der Waals surface area contributed by atoms with Crippen molar-refractivity contribution in [3.63, 3.8) is 0 Å². The van der Waals surface area contributed by atoms with E-state index in [1.807, 2.05) is 41.1 Å². The monoisotopic (exact) mass is 497 g/mol. The topological polar surface area (TPSA) is 80.6 Å². The Labute approximate surface area is 206 Å². The van der Waals surface area contributed by atoms with Gasteiger partial charge < -0.3 is 14.6 Å². The van der Waals surface area contributed by atoms with Crippen molar-refractivity contribution in [2.45, 2.75) is 19.5 Å². The van der Waals surface area contributed by atoms with Gasteiger partial charge in [0.15, 0.2) is 0 Å². The zero-order chi connectivity index (χ0) is 24.1. The van der Waals surface area contributed by atoms with Crippen LogP contribution < -0.4 is 5.32 Å². The third-order valence-electron chi connectivity index (χ3n) is 5.43. The van der Waals surface area contributed by atoms with E-state index in [0.717, 1.165) is 34.6 Å². The number of imide groups is 1. The maximum atomic E-state index is 13.0. The lowest BCUT2D eigenvalue weighted by Gasteiger charge is -2.13. The van der Waals surface area contributed by atoms with E-state index in [2.05, 4.69) is 5.32 Å². The van der Waals surface area contributed by atoms with E-state index in [1.165, 1.54) is 4.90 Å². The Bertz CT molecular complexity index is 1270. The van der Waals surface area contributed by atoms with Crippen molar-refractivity contribution < 1.29 is 19.1 Å². The molecule has 3 amide bonds. The number of rotatable bonds is 9. The molecule has 1 aromatic heterocycles. The van der Waals surface area contributed by atoms with Crippen molar-refractivity contribution in [3.05, 3.63) is 75.8 Å². The van der Waals surface area contributed by atoms with Crippen LogP contribution in [0.3, 0.4) is 0 Å². The first-order chi connectivity index (χ1) is 16.5. The van der Waals surface area contributed by atoms with Gasteiger partial charge in [-0.25, -0.2) is 0 Å². The molecule has 2 aromatic carbocycles. The van der Waals surface area contributed by atoms with Crippen molar-refractivity contribution in [2.24, 2.45) is 0 Å². The quantitative estimate of drug-likeness (QED) is 0.343. The van der Waals surface area contributed by atoms with Gasteiger partial charge in [0.05, 0.1) is 11.4 Å². The summed E-state index contributed by atoms with van der Waals surface area (Å²) in [6.45, 7) is 1.39. The molecule has 1 N–H and O–H groups in total. The molecule has 1 fully saturated rings. The summed E-state index contributed by atoms with van der Waals surface area (Å²) in [7, 11) is 1.63. The standard InChI is InChI=1S/C25H24ClN3O4S/c1-33-12-6-11-27-23(30)16-28-14-18(19-8-3-5-10-21(19)28)13-22-24(31)29(25(32)34-22)15-17-7-2-4-9-20(17)26/h2-5,7-10,13-14H,6,11-12,15-16H2,1H3,(H,27,30)/b22-13-. The molecule has 4 rings (SSSR count). The molecule has 0 spiro atoms. The minimum Gasteiger partial charge on any atom is -0.385 e. The van der Waals surface area contributed by atoms with Crippen LogP contribution in [0.4, 0.5) is 4.79 Å². The zero-order valence-electron chi connectivity index (χ0n) is 18.6. The number of aromatic nitrogens is 1. The molecular weight excluding hydrogens is 474 g/mol. The first-order valence-electron chi connectivity index (χ1n) is 10.8. The highest BCUT2D eigenvalue weighted by Crippen LogP contribution is 2.35. The molecule has 0 atom stereocenters. The van der Waals surface area contributed by atoms with Crippen LogP contribution >= 0.6 is 23.4 Å². The Morgan fingerprint density at radius 1 is 1.15 bits per heavy atom. The number of fused-ring (bicyclic) bond motifs is 1. The van der Waals surface area contributed by atoms with Crippen molar-refractivity contribution >= 4 is 57.4 Å². The zero-order valence-corrected chi connectivity index (χ0v) is 20.2. The maximum Gasteiger partial charge on any atom is 0.293 e. The highest BCUT2D eigenvalue weighted by atomic mass is 35.5. The number of hydrogen-bond acceptors (Lipinski definition) is 5. The number of benzene rings is 2. The number of halogens is 1. The van der Waals surface area contributed by atoms with E-state index in [0.29, 0.717) is 28.6 Å². The summed E-state index contributed by atoms with van der Waals surface area (Å²) in [6.07, 6.45) is 4.29. The third kappa shape index (κ3) is 5.35. The predicted octanol–water partition coefficient (Wildman–Crippen LogP) is 4.68. The lowest BCUT2D eigenvalue weighted by molar-refractivity contribution is -0.123.